The number of hydrogen-bond donors (Lipinski definition) is 1. The predicted octanol–water partition coefficient (Wildman–Crippen LogP) is 3.65. The maximum absolute atomic E-state index is 6.17. The van der Waals surface area contributed by atoms with Gasteiger partial charge in [0.1, 0.15) is 12.4 Å². The molecule has 0 radical (unpaired) electrons. The van der Waals surface area contributed by atoms with Gasteiger partial charge in [-0.2, -0.15) is 0 Å². The number of nitrogens with zero attached hydrogens (tertiary/aromatic N) is 6. The van der Waals surface area contributed by atoms with E-state index in [0.29, 0.717) is 28.4 Å². The zero-order valence-electron chi connectivity index (χ0n) is 17.5. The highest BCUT2D eigenvalue weighted by Gasteiger charge is 2.13. The maximum atomic E-state index is 6.17. The van der Waals surface area contributed by atoms with Crippen molar-refractivity contribution in [3.8, 4) is 5.75 Å². The van der Waals surface area contributed by atoms with Crippen LogP contribution in [0.1, 0.15) is 48.2 Å². The molecule has 9 heteroatoms. The van der Waals surface area contributed by atoms with Crippen molar-refractivity contribution < 1.29 is 4.74 Å². The van der Waals surface area contributed by atoms with Gasteiger partial charge in [0.2, 0.25) is 10.9 Å². The highest BCUT2D eigenvalue weighted by atomic mass is 32.2. The third-order valence-electron chi connectivity index (χ3n) is 4.81. The van der Waals surface area contributed by atoms with Crippen LogP contribution in [0.25, 0.3) is 5.78 Å². The van der Waals surface area contributed by atoms with E-state index in [1.165, 1.54) is 22.0 Å². The van der Waals surface area contributed by atoms with Crippen molar-refractivity contribution >= 4 is 17.5 Å². The number of imidazole rings is 1. The molecule has 1 aromatic carbocycles. The van der Waals surface area contributed by atoms with Gasteiger partial charge < -0.3 is 10.6 Å². The van der Waals surface area contributed by atoms with Gasteiger partial charge in [-0.05, 0) is 43.5 Å². The zero-order chi connectivity index (χ0) is 21.3. The average Bonchev–Trinajstić information content (AvgIpc) is 3.28. The van der Waals surface area contributed by atoms with Gasteiger partial charge in [-0.25, -0.2) is 14.6 Å². The SMILES string of the molecule is Cc1cc(C)n2cc(CSc3nnc(COc4ccc(C(C)C)cc4)n3N)nc2n1. The number of rotatable bonds is 7. The maximum Gasteiger partial charge on any atom is 0.234 e. The Morgan fingerprint density at radius 2 is 1.87 bits per heavy atom. The van der Waals surface area contributed by atoms with E-state index < -0.39 is 0 Å². The molecule has 2 N–H and O–H groups in total. The van der Waals surface area contributed by atoms with Gasteiger partial charge in [0.15, 0.2) is 5.82 Å². The van der Waals surface area contributed by atoms with Crippen molar-refractivity contribution in [1.82, 2.24) is 29.2 Å². The molecule has 0 spiro atoms. The average molecular weight is 424 g/mol. The Morgan fingerprint density at radius 3 is 2.60 bits per heavy atom. The van der Waals surface area contributed by atoms with Crippen molar-refractivity contribution in [2.75, 3.05) is 5.84 Å². The summed E-state index contributed by atoms with van der Waals surface area (Å²) in [6.45, 7) is 8.59. The van der Waals surface area contributed by atoms with Gasteiger partial charge in [0.05, 0.1) is 5.69 Å². The normalized spacial score (nSPS) is 11.5. The minimum atomic E-state index is 0.252. The van der Waals surface area contributed by atoms with Crippen LogP contribution in [-0.2, 0) is 12.4 Å². The topological polar surface area (TPSA) is 96.2 Å². The molecule has 8 nitrogen and oxygen atoms in total. The van der Waals surface area contributed by atoms with Gasteiger partial charge in [-0.3, -0.25) is 4.40 Å². The molecule has 0 saturated carbocycles. The molecule has 4 rings (SSSR count). The lowest BCUT2D eigenvalue weighted by molar-refractivity contribution is 0.291. The number of aromatic nitrogens is 6. The molecule has 3 heterocycles. The summed E-state index contributed by atoms with van der Waals surface area (Å²) in [6, 6.07) is 10.1. The number of aryl methyl sites for hydroxylation is 2. The highest BCUT2D eigenvalue weighted by Crippen LogP contribution is 2.22. The summed E-state index contributed by atoms with van der Waals surface area (Å²) in [7, 11) is 0. The summed E-state index contributed by atoms with van der Waals surface area (Å²) in [5.41, 5.74) is 4.24. The lowest BCUT2D eigenvalue weighted by Crippen LogP contribution is -2.15. The molecule has 156 valence electrons. The minimum absolute atomic E-state index is 0.252. The molecule has 0 atom stereocenters. The van der Waals surface area contributed by atoms with Crippen molar-refractivity contribution in [2.45, 2.75) is 51.1 Å². The standard InChI is InChI=1S/C21H25N7OS/c1-13(2)16-5-7-18(8-6-16)29-11-19-25-26-21(28(19)22)30-12-17-10-27-15(4)9-14(3)23-20(27)24-17/h5-10,13H,11-12,22H2,1-4H3. The van der Waals surface area contributed by atoms with Gasteiger partial charge in [0.25, 0.3) is 0 Å². The molecule has 30 heavy (non-hydrogen) atoms. The summed E-state index contributed by atoms with van der Waals surface area (Å²) in [5.74, 6) is 9.32. The predicted molar refractivity (Wildman–Crippen MR) is 117 cm³/mol. The molecule has 0 aliphatic heterocycles. The second kappa shape index (κ2) is 8.35. The molecule has 0 aliphatic rings. The van der Waals surface area contributed by atoms with Crippen LogP contribution in [0.2, 0.25) is 0 Å². The molecule has 0 aliphatic carbocycles. The van der Waals surface area contributed by atoms with E-state index in [9.17, 15) is 0 Å². The van der Waals surface area contributed by atoms with E-state index >= 15 is 0 Å². The molecule has 4 aromatic rings. The van der Waals surface area contributed by atoms with Crippen molar-refractivity contribution in [1.29, 1.82) is 0 Å². The summed E-state index contributed by atoms with van der Waals surface area (Å²) in [4.78, 5) is 9.06. The van der Waals surface area contributed by atoms with E-state index in [1.807, 2.05) is 42.6 Å². The van der Waals surface area contributed by atoms with Gasteiger partial charge >= 0.3 is 0 Å². The Kier molecular flexibility index (Phi) is 5.63. The van der Waals surface area contributed by atoms with Gasteiger partial charge in [0, 0.05) is 23.3 Å². The monoisotopic (exact) mass is 423 g/mol. The van der Waals surface area contributed by atoms with E-state index in [0.717, 1.165) is 22.8 Å². The highest BCUT2D eigenvalue weighted by molar-refractivity contribution is 7.98. The smallest absolute Gasteiger partial charge is 0.234 e. The number of benzene rings is 1. The largest absolute Gasteiger partial charge is 0.486 e. The first-order chi connectivity index (χ1) is 14.4. The van der Waals surface area contributed by atoms with Crippen LogP contribution in [0.4, 0.5) is 0 Å². The molecule has 0 fully saturated rings. The number of nitrogens with two attached hydrogens (primary N) is 1. The number of hydrogen-bond acceptors (Lipinski definition) is 7. The molecule has 0 amide bonds. The summed E-state index contributed by atoms with van der Waals surface area (Å²) in [5, 5.41) is 8.96. The number of thioether (sulfide) groups is 1. The van der Waals surface area contributed by atoms with Crippen LogP contribution in [-0.4, -0.2) is 29.2 Å². The van der Waals surface area contributed by atoms with Crippen LogP contribution in [0.5, 0.6) is 5.75 Å². The molecular weight excluding hydrogens is 398 g/mol. The second-order valence-corrected chi connectivity index (χ2v) is 8.45. The molecule has 3 aromatic heterocycles. The Balaban J connectivity index is 1.39. The van der Waals surface area contributed by atoms with Crippen LogP contribution >= 0.6 is 11.8 Å². The molecule has 0 bridgehead atoms. The number of ether oxygens (including phenoxy) is 1. The Labute approximate surface area is 179 Å². The van der Waals surface area contributed by atoms with Crippen LogP contribution in [0.3, 0.4) is 0 Å². The molecule has 0 saturated heterocycles. The van der Waals surface area contributed by atoms with Crippen LogP contribution < -0.4 is 10.6 Å². The second-order valence-electron chi connectivity index (χ2n) is 7.51. The Hall–Kier alpha value is -3.07. The fourth-order valence-corrected chi connectivity index (χ4v) is 3.89. The Bertz CT molecular complexity index is 1160. The molecule has 0 unspecified atom stereocenters. The van der Waals surface area contributed by atoms with E-state index in [2.05, 4.69) is 46.1 Å². The van der Waals surface area contributed by atoms with E-state index in [-0.39, 0.29) is 6.61 Å². The van der Waals surface area contributed by atoms with Gasteiger partial charge in [-0.15, -0.1) is 10.2 Å². The van der Waals surface area contributed by atoms with Crippen molar-refractivity contribution in [3.05, 3.63) is 65.0 Å². The zero-order valence-corrected chi connectivity index (χ0v) is 18.3. The third kappa shape index (κ3) is 4.25. The third-order valence-corrected chi connectivity index (χ3v) is 5.79. The lowest BCUT2D eigenvalue weighted by atomic mass is 10.0. The summed E-state index contributed by atoms with van der Waals surface area (Å²) >= 11 is 1.48. The first-order valence-corrected chi connectivity index (χ1v) is 10.8. The first-order valence-electron chi connectivity index (χ1n) is 9.78. The Morgan fingerprint density at radius 1 is 1.10 bits per heavy atom. The fourth-order valence-electron chi connectivity index (χ4n) is 3.13. The number of nitrogen functional groups attached to an aromatic ring is 1. The van der Waals surface area contributed by atoms with Gasteiger partial charge in [-0.1, -0.05) is 37.7 Å². The van der Waals surface area contributed by atoms with Crippen LogP contribution in [0.15, 0.2) is 41.7 Å². The van der Waals surface area contributed by atoms with Crippen molar-refractivity contribution in [3.63, 3.8) is 0 Å². The summed E-state index contributed by atoms with van der Waals surface area (Å²) in [6.07, 6.45) is 1.99. The van der Waals surface area contributed by atoms with Crippen LogP contribution in [0, 0.1) is 13.8 Å². The number of fused-ring (bicyclic) bond motifs is 1. The summed E-state index contributed by atoms with van der Waals surface area (Å²) < 4.78 is 9.27. The van der Waals surface area contributed by atoms with Crippen molar-refractivity contribution in [2.24, 2.45) is 0 Å². The fraction of sp³-hybridized carbons (Fsp3) is 0.333. The lowest BCUT2D eigenvalue weighted by Gasteiger charge is -2.08. The van der Waals surface area contributed by atoms with E-state index in [4.69, 9.17) is 10.6 Å². The quantitative estimate of drug-likeness (QED) is 0.358. The minimum Gasteiger partial charge on any atom is -0.486 e. The van der Waals surface area contributed by atoms with E-state index in [1.54, 1.807) is 0 Å². The molecular formula is C21H25N7OS. The first kappa shape index (κ1) is 20.2.